The van der Waals surface area contributed by atoms with E-state index in [1.165, 1.54) is 27.8 Å². The highest BCUT2D eigenvalue weighted by molar-refractivity contribution is 7.19. The highest BCUT2D eigenvalue weighted by Crippen LogP contribution is 2.36. The minimum atomic E-state index is 0.332. The average Bonchev–Trinajstić information content (AvgIpc) is 2.61. The van der Waals surface area contributed by atoms with Gasteiger partial charge in [-0.3, -0.25) is 0 Å². The lowest BCUT2D eigenvalue weighted by Crippen LogP contribution is -2.14. The van der Waals surface area contributed by atoms with Crippen molar-refractivity contribution < 1.29 is 0 Å². The van der Waals surface area contributed by atoms with E-state index in [-0.39, 0.29) is 0 Å². The molecule has 0 radical (unpaired) electrons. The van der Waals surface area contributed by atoms with Gasteiger partial charge in [0, 0.05) is 9.58 Å². The third-order valence-electron chi connectivity index (χ3n) is 2.97. The van der Waals surface area contributed by atoms with Crippen LogP contribution in [0.4, 0.5) is 0 Å². The molecule has 0 spiro atoms. The standard InChI is InChI=1S/C14H18S/c1-4-9-14(2,3)13-10-11-7-5-6-8-12(11)15-13/h5-8,10H,4,9H2,1-3H3. The van der Waals surface area contributed by atoms with Crippen LogP contribution < -0.4 is 0 Å². The first-order valence-electron chi connectivity index (χ1n) is 5.62. The normalized spacial score (nSPS) is 12.2. The molecular formula is C14H18S. The van der Waals surface area contributed by atoms with Crippen LogP contribution in [0, 0.1) is 0 Å². The molecule has 0 aliphatic rings. The summed E-state index contributed by atoms with van der Waals surface area (Å²) in [6.07, 6.45) is 2.51. The average molecular weight is 218 g/mol. The van der Waals surface area contributed by atoms with Crippen LogP contribution in [0.5, 0.6) is 0 Å². The van der Waals surface area contributed by atoms with E-state index < -0.39 is 0 Å². The van der Waals surface area contributed by atoms with Gasteiger partial charge in [-0.05, 0) is 29.4 Å². The number of hydrogen-bond donors (Lipinski definition) is 0. The number of rotatable bonds is 3. The summed E-state index contributed by atoms with van der Waals surface area (Å²) in [5, 5.41) is 1.39. The van der Waals surface area contributed by atoms with Gasteiger partial charge in [-0.15, -0.1) is 11.3 Å². The Morgan fingerprint density at radius 2 is 1.93 bits per heavy atom. The van der Waals surface area contributed by atoms with Gasteiger partial charge in [-0.25, -0.2) is 0 Å². The molecule has 1 aromatic heterocycles. The molecule has 1 heteroatoms. The predicted molar refractivity (Wildman–Crippen MR) is 69.8 cm³/mol. The van der Waals surface area contributed by atoms with Crippen molar-refractivity contribution in [3.05, 3.63) is 35.2 Å². The smallest absolute Gasteiger partial charge is 0.0345 e. The van der Waals surface area contributed by atoms with Gasteiger partial charge in [0.15, 0.2) is 0 Å². The second kappa shape index (κ2) is 3.97. The molecule has 0 aliphatic carbocycles. The van der Waals surface area contributed by atoms with Crippen molar-refractivity contribution in [3.63, 3.8) is 0 Å². The second-order valence-corrected chi connectivity index (χ2v) is 5.87. The van der Waals surface area contributed by atoms with E-state index in [0.29, 0.717) is 5.41 Å². The highest BCUT2D eigenvalue weighted by Gasteiger charge is 2.21. The molecule has 2 aromatic rings. The first kappa shape index (κ1) is 10.7. The molecule has 0 saturated heterocycles. The number of hydrogen-bond acceptors (Lipinski definition) is 1. The zero-order valence-corrected chi connectivity index (χ0v) is 10.5. The van der Waals surface area contributed by atoms with E-state index in [1.54, 1.807) is 0 Å². The van der Waals surface area contributed by atoms with E-state index in [1.807, 2.05) is 11.3 Å². The number of thiophene rings is 1. The lowest BCUT2D eigenvalue weighted by molar-refractivity contribution is 0.482. The monoisotopic (exact) mass is 218 g/mol. The van der Waals surface area contributed by atoms with Crippen LogP contribution in [0.1, 0.15) is 38.5 Å². The zero-order valence-electron chi connectivity index (χ0n) is 9.71. The molecule has 0 N–H and O–H groups in total. The summed E-state index contributed by atoms with van der Waals surface area (Å²) in [5.41, 5.74) is 0.332. The van der Waals surface area contributed by atoms with Gasteiger partial charge >= 0.3 is 0 Å². The fraction of sp³-hybridized carbons (Fsp3) is 0.429. The van der Waals surface area contributed by atoms with Crippen LogP contribution in [0.2, 0.25) is 0 Å². The molecule has 0 aliphatic heterocycles. The molecule has 0 nitrogen and oxygen atoms in total. The van der Waals surface area contributed by atoms with Crippen LogP contribution in [-0.2, 0) is 5.41 Å². The van der Waals surface area contributed by atoms with Crippen LogP contribution in [-0.4, -0.2) is 0 Å². The van der Waals surface area contributed by atoms with E-state index in [4.69, 9.17) is 0 Å². The Labute approximate surface area is 95.9 Å². The summed E-state index contributed by atoms with van der Waals surface area (Å²) in [4.78, 5) is 1.52. The number of benzene rings is 1. The molecule has 2 rings (SSSR count). The van der Waals surface area contributed by atoms with Gasteiger partial charge in [0.25, 0.3) is 0 Å². The molecule has 0 atom stereocenters. The highest BCUT2D eigenvalue weighted by atomic mass is 32.1. The van der Waals surface area contributed by atoms with E-state index in [9.17, 15) is 0 Å². The van der Waals surface area contributed by atoms with E-state index in [2.05, 4.69) is 51.1 Å². The fourth-order valence-electron chi connectivity index (χ4n) is 2.06. The number of fused-ring (bicyclic) bond motifs is 1. The fourth-order valence-corrected chi connectivity index (χ4v) is 3.26. The maximum atomic E-state index is 2.36. The molecule has 0 unspecified atom stereocenters. The van der Waals surface area contributed by atoms with Crippen LogP contribution in [0.3, 0.4) is 0 Å². The van der Waals surface area contributed by atoms with Gasteiger partial charge in [-0.1, -0.05) is 45.4 Å². The van der Waals surface area contributed by atoms with Crippen molar-refractivity contribution in [2.75, 3.05) is 0 Å². The third kappa shape index (κ3) is 2.07. The van der Waals surface area contributed by atoms with Gasteiger partial charge in [0.05, 0.1) is 0 Å². The lowest BCUT2D eigenvalue weighted by Gasteiger charge is -2.22. The first-order valence-corrected chi connectivity index (χ1v) is 6.44. The van der Waals surface area contributed by atoms with Crippen molar-refractivity contribution in [3.8, 4) is 0 Å². The Kier molecular flexibility index (Phi) is 2.83. The maximum absolute atomic E-state index is 2.36. The summed E-state index contributed by atoms with van der Waals surface area (Å²) in [7, 11) is 0. The van der Waals surface area contributed by atoms with E-state index >= 15 is 0 Å². The van der Waals surface area contributed by atoms with Crippen molar-refractivity contribution in [2.24, 2.45) is 0 Å². The lowest BCUT2D eigenvalue weighted by atomic mass is 9.86. The Bertz CT molecular complexity index is 418. The Balaban J connectivity index is 2.44. The largest absolute Gasteiger partial charge is 0.140 e. The van der Waals surface area contributed by atoms with Gasteiger partial charge in [0.1, 0.15) is 0 Å². The molecule has 0 saturated carbocycles. The molecule has 0 bridgehead atoms. The molecule has 80 valence electrons. The summed E-state index contributed by atoms with van der Waals surface area (Å²) in [6, 6.07) is 11.0. The topological polar surface area (TPSA) is 0 Å². The minimum Gasteiger partial charge on any atom is -0.140 e. The summed E-state index contributed by atoms with van der Waals surface area (Å²) in [6.45, 7) is 6.96. The van der Waals surface area contributed by atoms with Crippen molar-refractivity contribution in [1.29, 1.82) is 0 Å². The SMILES string of the molecule is CCCC(C)(C)c1cc2ccccc2s1. The molecular weight excluding hydrogens is 200 g/mol. The van der Waals surface area contributed by atoms with Gasteiger partial charge < -0.3 is 0 Å². The van der Waals surface area contributed by atoms with Crippen LogP contribution >= 0.6 is 11.3 Å². The van der Waals surface area contributed by atoms with Crippen molar-refractivity contribution in [1.82, 2.24) is 0 Å². The van der Waals surface area contributed by atoms with Crippen molar-refractivity contribution >= 4 is 21.4 Å². The summed E-state index contributed by atoms with van der Waals surface area (Å²) < 4.78 is 1.41. The van der Waals surface area contributed by atoms with Crippen molar-refractivity contribution in [2.45, 2.75) is 39.0 Å². The Morgan fingerprint density at radius 1 is 1.20 bits per heavy atom. The van der Waals surface area contributed by atoms with Gasteiger partial charge in [0.2, 0.25) is 0 Å². The maximum Gasteiger partial charge on any atom is 0.0345 e. The Morgan fingerprint density at radius 3 is 2.60 bits per heavy atom. The quantitative estimate of drug-likeness (QED) is 0.681. The van der Waals surface area contributed by atoms with Gasteiger partial charge in [-0.2, -0.15) is 0 Å². The van der Waals surface area contributed by atoms with E-state index in [0.717, 1.165) is 0 Å². The third-order valence-corrected chi connectivity index (χ3v) is 4.45. The first-order chi connectivity index (χ1) is 7.13. The molecule has 15 heavy (non-hydrogen) atoms. The molecule has 0 amide bonds. The van der Waals surface area contributed by atoms with Crippen LogP contribution in [0.15, 0.2) is 30.3 Å². The Hall–Kier alpha value is -0.820. The molecule has 1 heterocycles. The van der Waals surface area contributed by atoms with Crippen LogP contribution in [0.25, 0.3) is 10.1 Å². The molecule has 0 fully saturated rings. The summed E-state index contributed by atoms with van der Waals surface area (Å²) >= 11 is 1.94. The zero-order chi connectivity index (χ0) is 10.9. The minimum absolute atomic E-state index is 0.332. The predicted octanol–water partition coefficient (Wildman–Crippen LogP) is 4.98. The second-order valence-electron chi connectivity index (χ2n) is 4.78. The summed E-state index contributed by atoms with van der Waals surface area (Å²) in [5.74, 6) is 0. The molecule has 1 aromatic carbocycles.